The molecule has 0 radical (unpaired) electrons. The van der Waals surface area contributed by atoms with Crippen molar-refractivity contribution in [2.24, 2.45) is 16.8 Å². The summed E-state index contributed by atoms with van der Waals surface area (Å²) in [5, 5.41) is 14.9. The van der Waals surface area contributed by atoms with Crippen molar-refractivity contribution in [1.82, 2.24) is 0 Å². The van der Waals surface area contributed by atoms with Gasteiger partial charge in [-0.3, -0.25) is 4.79 Å². The molecule has 0 fully saturated rings. The maximum Gasteiger partial charge on any atom is 0.227 e. The molecule has 0 saturated carbocycles. The minimum Gasteiger partial charge on any atom is -0.409 e. The Kier molecular flexibility index (Phi) is 7.02. The monoisotopic (exact) mass is 311 g/mol. The highest BCUT2D eigenvalue weighted by molar-refractivity contribution is 6.34. The number of rotatable bonds is 7. The van der Waals surface area contributed by atoms with Crippen LogP contribution < -0.4 is 11.1 Å². The molecule has 4 N–H and O–H groups in total. The third-order valence-corrected chi connectivity index (χ3v) is 3.60. The SMILES string of the molecule is CCCC(CCC)C(=O)Nc1cc(/C(N)=N/O)ccc1Cl. The van der Waals surface area contributed by atoms with Crippen LogP contribution in [0.25, 0.3) is 0 Å². The first kappa shape index (κ1) is 17.3. The molecule has 0 bridgehead atoms. The van der Waals surface area contributed by atoms with E-state index in [1.807, 2.05) is 0 Å². The van der Waals surface area contributed by atoms with Gasteiger partial charge in [0.05, 0.1) is 10.7 Å². The summed E-state index contributed by atoms with van der Waals surface area (Å²) in [7, 11) is 0. The van der Waals surface area contributed by atoms with Gasteiger partial charge in [0, 0.05) is 11.5 Å². The Balaban J connectivity index is 2.92. The van der Waals surface area contributed by atoms with Crippen molar-refractivity contribution in [3.63, 3.8) is 0 Å². The number of carbonyl (C=O) groups is 1. The van der Waals surface area contributed by atoms with Crippen LogP contribution >= 0.6 is 11.6 Å². The molecule has 0 atom stereocenters. The number of anilines is 1. The van der Waals surface area contributed by atoms with Gasteiger partial charge in [0.1, 0.15) is 0 Å². The number of nitrogens with one attached hydrogen (secondary N) is 1. The lowest BCUT2D eigenvalue weighted by Crippen LogP contribution is -2.23. The highest BCUT2D eigenvalue weighted by Crippen LogP contribution is 2.25. The topological polar surface area (TPSA) is 87.7 Å². The van der Waals surface area contributed by atoms with Crippen LogP contribution in [0.2, 0.25) is 5.02 Å². The average molecular weight is 312 g/mol. The largest absolute Gasteiger partial charge is 0.409 e. The summed E-state index contributed by atoms with van der Waals surface area (Å²) in [5.41, 5.74) is 6.52. The molecule has 0 unspecified atom stereocenters. The van der Waals surface area contributed by atoms with Crippen molar-refractivity contribution in [3.8, 4) is 0 Å². The molecule has 0 aliphatic heterocycles. The van der Waals surface area contributed by atoms with Gasteiger partial charge in [0.25, 0.3) is 0 Å². The molecule has 6 heteroatoms. The van der Waals surface area contributed by atoms with Gasteiger partial charge in [-0.1, -0.05) is 43.4 Å². The summed E-state index contributed by atoms with van der Waals surface area (Å²) < 4.78 is 0. The van der Waals surface area contributed by atoms with Gasteiger partial charge in [0.2, 0.25) is 5.91 Å². The molecule has 1 aromatic carbocycles. The standard InChI is InChI=1S/C15H22ClN3O2/c1-3-5-10(6-4-2)15(20)18-13-9-11(14(17)19-21)7-8-12(13)16/h7-10,21H,3-6H2,1-2H3,(H2,17,19)(H,18,20). The second kappa shape index (κ2) is 8.52. The van der Waals surface area contributed by atoms with E-state index in [1.54, 1.807) is 18.2 Å². The lowest BCUT2D eigenvalue weighted by molar-refractivity contribution is -0.120. The van der Waals surface area contributed by atoms with E-state index in [0.29, 0.717) is 16.3 Å². The van der Waals surface area contributed by atoms with Crippen molar-refractivity contribution in [3.05, 3.63) is 28.8 Å². The van der Waals surface area contributed by atoms with Gasteiger partial charge in [-0.25, -0.2) is 0 Å². The normalized spacial score (nSPS) is 11.7. The third-order valence-electron chi connectivity index (χ3n) is 3.27. The van der Waals surface area contributed by atoms with E-state index in [4.69, 9.17) is 22.5 Å². The Morgan fingerprint density at radius 2 is 2.00 bits per heavy atom. The zero-order valence-corrected chi connectivity index (χ0v) is 13.2. The van der Waals surface area contributed by atoms with E-state index in [9.17, 15) is 4.79 Å². The number of oxime groups is 1. The molecule has 0 heterocycles. The van der Waals surface area contributed by atoms with Gasteiger partial charge in [-0.15, -0.1) is 0 Å². The van der Waals surface area contributed by atoms with Crippen molar-refractivity contribution in [2.75, 3.05) is 5.32 Å². The van der Waals surface area contributed by atoms with Crippen molar-refractivity contribution >= 4 is 29.0 Å². The molecular weight excluding hydrogens is 290 g/mol. The zero-order chi connectivity index (χ0) is 15.8. The van der Waals surface area contributed by atoms with Crippen LogP contribution in [-0.4, -0.2) is 17.0 Å². The van der Waals surface area contributed by atoms with Gasteiger partial charge < -0.3 is 16.3 Å². The van der Waals surface area contributed by atoms with Gasteiger partial charge in [0.15, 0.2) is 5.84 Å². The smallest absolute Gasteiger partial charge is 0.227 e. The second-order valence-electron chi connectivity index (χ2n) is 4.94. The van der Waals surface area contributed by atoms with Gasteiger partial charge in [-0.05, 0) is 31.0 Å². The number of hydrogen-bond acceptors (Lipinski definition) is 3. The van der Waals surface area contributed by atoms with Crippen LogP contribution in [0, 0.1) is 5.92 Å². The summed E-state index contributed by atoms with van der Waals surface area (Å²) in [5.74, 6) is -0.0957. The number of nitrogens with zero attached hydrogens (tertiary/aromatic N) is 1. The molecule has 0 aliphatic carbocycles. The number of amides is 1. The predicted molar refractivity (Wildman–Crippen MR) is 85.9 cm³/mol. The minimum atomic E-state index is -0.0442. The highest BCUT2D eigenvalue weighted by atomic mass is 35.5. The number of amidine groups is 1. The van der Waals surface area contributed by atoms with Crippen molar-refractivity contribution in [2.45, 2.75) is 39.5 Å². The van der Waals surface area contributed by atoms with Crippen LogP contribution in [0.15, 0.2) is 23.4 Å². The quantitative estimate of drug-likeness (QED) is 0.311. The molecule has 1 aromatic rings. The summed E-state index contributed by atoms with van der Waals surface area (Å²) in [6.45, 7) is 4.11. The molecule has 0 spiro atoms. The molecule has 0 aliphatic rings. The van der Waals surface area contributed by atoms with E-state index in [0.717, 1.165) is 25.7 Å². The molecule has 0 aromatic heterocycles. The Labute approximate surface area is 130 Å². The number of nitrogens with two attached hydrogens (primary N) is 1. The van der Waals surface area contributed by atoms with Crippen LogP contribution in [0.1, 0.15) is 45.1 Å². The van der Waals surface area contributed by atoms with Crippen LogP contribution in [-0.2, 0) is 4.79 Å². The van der Waals surface area contributed by atoms with E-state index < -0.39 is 0 Å². The third kappa shape index (κ3) is 4.93. The summed E-state index contributed by atoms with van der Waals surface area (Å²) in [6.07, 6.45) is 3.60. The Hall–Kier alpha value is -1.75. The number of benzene rings is 1. The molecule has 116 valence electrons. The Morgan fingerprint density at radius 1 is 1.38 bits per heavy atom. The van der Waals surface area contributed by atoms with E-state index in [-0.39, 0.29) is 17.7 Å². The van der Waals surface area contributed by atoms with Crippen molar-refractivity contribution in [1.29, 1.82) is 0 Å². The lowest BCUT2D eigenvalue weighted by atomic mass is 9.97. The summed E-state index contributed by atoms with van der Waals surface area (Å²) in [4.78, 5) is 12.3. The first-order valence-corrected chi connectivity index (χ1v) is 7.49. The fourth-order valence-electron chi connectivity index (χ4n) is 2.18. The summed E-state index contributed by atoms with van der Waals surface area (Å²) in [6, 6.07) is 4.84. The van der Waals surface area contributed by atoms with E-state index in [2.05, 4.69) is 24.3 Å². The number of carbonyl (C=O) groups excluding carboxylic acids is 1. The highest BCUT2D eigenvalue weighted by Gasteiger charge is 2.18. The number of halogens is 1. The van der Waals surface area contributed by atoms with E-state index >= 15 is 0 Å². The molecule has 21 heavy (non-hydrogen) atoms. The molecular formula is C15H22ClN3O2. The first-order chi connectivity index (χ1) is 10.0. The zero-order valence-electron chi connectivity index (χ0n) is 12.4. The minimum absolute atomic E-state index is 0.0245. The number of hydrogen-bond donors (Lipinski definition) is 3. The molecule has 5 nitrogen and oxygen atoms in total. The second-order valence-corrected chi connectivity index (χ2v) is 5.35. The van der Waals surface area contributed by atoms with Gasteiger partial charge >= 0.3 is 0 Å². The Bertz CT molecular complexity index is 512. The molecule has 1 rings (SSSR count). The van der Waals surface area contributed by atoms with Crippen molar-refractivity contribution < 1.29 is 10.0 Å². The predicted octanol–water partition coefficient (Wildman–Crippen LogP) is 3.59. The van der Waals surface area contributed by atoms with Crippen LogP contribution in [0.5, 0.6) is 0 Å². The fourth-order valence-corrected chi connectivity index (χ4v) is 2.34. The maximum absolute atomic E-state index is 12.3. The van der Waals surface area contributed by atoms with Crippen LogP contribution in [0.4, 0.5) is 5.69 Å². The molecule has 1 amide bonds. The molecule has 0 saturated heterocycles. The van der Waals surface area contributed by atoms with Crippen LogP contribution in [0.3, 0.4) is 0 Å². The summed E-state index contributed by atoms with van der Waals surface area (Å²) >= 11 is 6.09. The Morgan fingerprint density at radius 3 is 2.52 bits per heavy atom. The first-order valence-electron chi connectivity index (χ1n) is 7.11. The average Bonchev–Trinajstić information content (AvgIpc) is 2.48. The maximum atomic E-state index is 12.3. The van der Waals surface area contributed by atoms with E-state index in [1.165, 1.54) is 0 Å². The lowest BCUT2D eigenvalue weighted by Gasteiger charge is -2.16. The fraction of sp³-hybridized carbons (Fsp3) is 0.467. The van der Waals surface area contributed by atoms with Gasteiger partial charge in [-0.2, -0.15) is 0 Å².